The Morgan fingerprint density at radius 3 is 2.37 bits per heavy atom. The highest BCUT2D eigenvalue weighted by Crippen LogP contribution is 2.48. The Kier molecular flexibility index (Phi) is 6.26. The van der Waals surface area contributed by atoms with Crippen LogP contribution in [0.3, 0.4) is 0 Å². The molecule has 0 saturated carbocycles. The average molecular weight is 294 g/mol. The van der Waals surface area contributed by atoms with Crippen LogP contribution in [-0.2, 0) is 13.8 Å². The van der Waals surface area contributed by atoms with Gasteiger partial charge in [0.2, 0.25) is 0 Å². The molecular formula is C11H23N2O5P. The molecule has 1 rings (SSSR count). The summed E-state index contributed by atoms with van der Waals surface area (Å²) in [4.78, 5) is 13.1. The van der Waals surface area contributed by atoms with Crippen molar-refractivity contribution in [2.75, 3.05) is 46.1 Å². The molecule has 1 heterocycles. The lowest BCUT2D eigenvalue weighted by atomic mass is 10.4. The van der Waals surface area contributed by atoms with Gasteiger partial charge >= 0.3 is 6.09 Å². The van der Waals surface area contributed by atoms with E-state index in [1.54, 1.807) is 16.2 Å². The minimum absolute atomic E-state index is 0.00176. The van der Waals surface area contributed by atoms with Gasteiger partial charge in [-0.3, -0.25) is 4.57 Å². The van der Waals surface area contributed by atoms with E-state index in [-0.39, 0.29) is 19.3 Å². The highest BCUT2D eigenvalue weighted by Gasteiger charge is 2.32. The zero-order chi connectivity index (χ0) is 14.5. The molecule has 0 aromatic heterocycles. The van der Waals surface area contributed by atoms with Crippen LogP contribution in [0.5, 0.6) is 0 Å². The second-order valence-corrected chi connectivity index (χ2v) is 7.12. The summed E-state index contributed by atoms with van der Waals surface area (Å²) in [5.41, 5.74) is 0. The summed E-state index contributed by atoms with van der Waals surface area (Å²) in [5, 5.41) is 8.59. The van der Waals surface area contributed by atoms with Gasteiger partial charge in [-0.15, -0.1) is 0 Å². The maximum absolute atomic E-state index is 12.4. The summed E-state index contributed by atoms with van der Waals surface area (Å²) in [6.07, 6.45) is -0.534. The number of carbonyl (C=O) groups excluding carboxylic acids is 1. The van der Waals surface area contributed by atoms with Crippen LogP contribution in [0.2, 0.25) is 0 Å². The topological polar surface area (TPSA) is 79.3 Å². The highest BCUT2D eigenvalue weighted by molar-refractivity contribution is 7.55. The van der Waals surface area contributed by atoms with E-state index >= 15 is 0 Å². The van der Waals surface area contributed by atoms with Gasteiger partial charge in [-0.2, -0.15) is 0 Å². The van der Waals surface area contributed by atoms with Gasteiger partial charge in [0.05, 0.1) is 12.7 Å². The van der Waals surface area contributed by atoms with E-state index in [1.165, 1.54) is 0 Å². The van der Waals surface area contributed by atoms with Gasteiger partial charge in [0.15, 0.2) is 0 Å². The molecule has 1 N–H and O–H groups in total. The first-order valence-corrected chi connectivity index (χ1v) is 8.43. The first kappa shape index (κ1) is 16.4. The van der Waals surface area contributed by atoms with E-state index in [9.17, 15) is 9.36 Å². The Morgan fingerprint density at radius 1 is 1.32 bits per heavy atom. The van der Waals surface area contributed by atoms with Gasteiger partial charge in [0, 0.05) is 32.8 Å². The number of hydrogen-bond donors (Lipinski definition) is 1. The smallest absolute Gasteiger partial charge is 0.409 e. The third kappa shape index (κ3) is 5.10. The van der Waals surface area contributed by atoms with Crippen molar-refractivity contribution in [3.63, 3.8) is 0 Å². The maximum Gasteiger partial charge on any atom is 0.409 e. The minimum atomic E-state index is -2.79. The first-order chi connectivity index (χ1) is 8.86. The normalized spacial score (nSPS) is 20.4. The van der Waals surface area contributed by atoms with Gasteiger partial charge in [-0.1, -0.05) is 0 Å². The molecule has 0 bridgehead atoms. The Morgan fingerprint density at radius 2 is 1.89 bits per heavy atom. The zero-order valence-electron chi connectivity index (χ0n) is 11.7. The number of amides is 1. The minimum Gasteiger partial charge on any atom is -0.447 e. The van der Waals surface area contributed by atoms with Crippen LogP contribution in [0, 0.1) is 0 Å². The average Bonchev–Trinajstić information content (AvgIpc) is 2.34. The lowest BCUT2D eigenvalue weighted by Gasteiger charge is -2.37. The molecule has 112 valence electrons. The van der Waals surface area contributed by atoms with Gasteiger partial charge < -0.3 is 19.3 Å². The van der Waals surface area contributed by atoms with Crippen molar-refractivity contribution in [1.29, 1.82) is 0 Å². The van der Waals surface area contributed by atoms with Crippen LogP contribution in [0.25, 0.3) is 0 Å². The van der Waals surface area contributed by atoms with E-state index in [0.717, 1.165) is 0 Å². The first-order valence-electron chi connectivity index (χ1n) is 6.40. The molecule has 7 nitrogen and oxygen atoms in total. The van der Waals surface area contributed by atoms with Crippen molar-refractivity contribution in [2.24, 2.45) is 0 Å². The summed E-state index contributed by atoms with van der Waals surface area (Å²) in [6.45, 7) is 7.00. The second kappa shape index (κ2) is 7.24. The van der Waals surface area contributed by atoms with Crippen molar-refractivity contribution in [2.45, 2.75) is 20.0 Å². The van der Waals surface area contributed by atoms with E-state index in [1.807, 2.05) is 13.8 Å². The molecule has 0 aromatic rings. The van der Waals surface area contributed by atoms with Crippen molar-refractivity contribution in [3.05, 3.63) is 0 Å². The van der Waals surface area contributed by atoms with Crippen LogP contribution in [-0.4, -0.2) is 72.9 Å². The Bertz CT molecular complexity index is 342. The lowest BCUT2D eigenvalue weighted by molar-refractivity contribution is 0.0716. The number of carbonyl (C=O) groups is 1. The molecule has 0 aromatic carbocycles. The van der Waals surface area contributed by atoms with E-state index in [0.29, 0.717) is 26.2 Å². The number of hydrogen-bond acceptors (Lipinski definition) is 5. The summed E-state index contributed by atoms with van der Waals surface area (Å²) >= 11 is 0. The van der Waals surface area contributed by atoms with E-state index in [4.69, 9.17) is 14.4 Å². The van der Waals surface area contributed by atoms with Crippen LogP contribution in [0.15, 0.2) is 0 Å². The molecule has 8 heteroatoms. The summed E-state index contributed by atoms with van der Waals surface area (Å²) in [7, 11) is -2.79. The SMILES string of the molecule is CC(C)OP(C)(=O)N1CCN(C(=O)OCCO)CC1. The number of rotatable bonds is 5. The van der Waals surface area contributed by atoms with Crippen LogP contribution < -0.4 is 0 Å². The quantitative estimate of drug-likeness (QED) is 0.761. The lowest BCUT2D eigenvalue weighted by Crippen LogP contribution is -2.47. The summed E-state index contributed by atoms with van der Waals surface area (Å²) < 4.78 is 24.4. The fourth-order valence-corrected chi connectivity index (χ4v) is 3.74. The molecule has 0 spiro atoms. The van der Waals surface area contributed by atoms with Crippen molar-refractivity contribution >= 4 is 13.6 Å². The molecule has 1 amide bonds. The monoisotopic (exact) mass is 294 g/mol. The number of aliphatic hydroxyl groups is 1. The molecule has 1 atom stereocenters. The predicted molar refractivity (Wildman–Crippen MR) is 71.3 cm³/mol. The van der Waals surface area contributed by atoms with Gasteiger partial charge in [0.25, 0.3) is 7.52 Å². The highest BCUT2D eigenvalue weighted by atomic mass is 31.2. The largest absolute Gasteiger partial charge is 0.447 e. The fourth-order valence-electron chi connectivity index (χ4n) is 1.92. The Labute approximate surface area is 114 Å². The number of ether oxygens (including phenoxy) is 1. The molecular weight excluding hydrogens is 271 g/mol. The van der Waals surface area contributed by atoms with Gasteiger partial charge in [-0.05, 0) is 13.8 Å². The summed E-state index contributed by atoms with van der Waals surface area (Å²) in [6, 6.07) is 0. The fraction of sp³-hybridized carbons (Fsp3) is 0.909. The molecule has 1 aliphatic heterocycles. The number of nitrogens with zero attached hydrogens (tertiary/aromatic N) is 2. The van der Waals surface area contributed by atoms with Gasteiger partial charge in [0.1, 0.15) is 6.61 Å². The molecule has 1 saturated heterocycles. The Balaban J connectivity index is 2.44. The maximum atomic E-state index is 12.4. The molecule has 0 aliphatic carbocycles. The number of aliphatic hydroxyl groups excluding tert-OH is 1. The van der Waals surface area contributed by atoms with Crippen LogP contribution in [0.4, 0.5) is 4.79 Å². The molecule has 0 radical (unpaired) electrons. The predicted octanol–water partition coefficient (Wildman–Crippen LogP) is 0.981. The van der Waals surface area contributed by atoms with Gasteiger partial charge in [-0.25, -0.2) is 9.46 Å². The molecule has 19 heavy (non-hydrogen) atoms. The third-order valence-electron chi connectivity index (χ3n) is 2.75. The molecule has 1 unspecified atom stereocenters. The van der Waals surface area contributed by atoms with Crippen molar-refractivity contribution in [1.82, 2.24) is 9.57 Å². The molecule has 1 fully saturated rings. The second-order valence-electron chi connectivity index (χ2n) is 4.74. The molecule has 1 aliphatic rings. The van der Waals surface area contributed by atoms with Crippen molar-refractivity contribution in [3.8, 4) is 0 Å². The number of piperazine rings is 1. The third-order valence-corrected chi connectivity index (χ3v) is 4.99. The van der Waals surface area contributed by atoms with E-state index < -0.39 is 13.6 Å². The summed E-state index contributed by atoms with van der Waals surface area (Å²) in [5.74, 6) is 0. The zero-order valence-corrected chi connectivity index (χ0v) is 12.6. The van der Waals surface area contributed by atoms with E-state index in [2.05, 4.69) is 0 Å². The van der Waals surface area contributed by atoms with Crippen molar-refractivity contribution < 1.29 is 23.7 Å². The Hall–Kier alpha value is -0.620. The van der Waals surface area contributed by atoms with Crippen LogP contribution >= 0.6 is 7.52 Å². The standard InChI is InChI=1S/C11H23N2O5P/c1-10(2)18-19(3,16)13-6-4-12(5-7-13)11(15)17-9-8-14/h10,14H,4-9H2,1-3H3. The van der Waals surface area contributed by atoms with Crippen LogP contribution in [0.1, 0.15) is 13.8 Å².